The van der Waals surface area contributed by atoms with Crippen LogP contribution in [-0.4, -0.2) is 37.2 Å². The Bertz CT molecular complexity index is 1180. The first-order valence-electron chi connectivity index (χ1n) is 34.7. The first-order valence-corrected chi connectivity index (χ1v) is 34.7. The monoisotopic (exact) mass is 1070 g/mol. The Morgan fingerprint density at radius 1 is 0.250 bits per heavy atom. The number of allylic oxidation sites excluding steroid dienone is 2. The molecule has 0 aliphatic carbocycles. The molecule has 76 heavy (non-hydrogen) atoms. The molecule has 0 bridgehead atoms. The van der Waals surface area contributed by atoms with Gasteiger partial charge in [-0.1, -0.05) is 348 Å². The number of carbonyl (C=O) groups excluding carboxylic acids is 3. The minimum absolute atomic E-state index is 0.0650. The average molecular weight is 1070 g/mol. The molecule has 0 heterocycles. The summed E-state index contributed by atoms with van der Waals surface area (Å²) in [4.78, 5) is 38.1. The van der Waals surface area contributed by atoms with Crippen LogP contribution in [0.1, 0.15) is 400 Å². The summed E-state index contributed by atoms with van der Waals surface area (Å²) < 4.78 is 16.9. The van der Waals surface area contributed by atoms with Crippen molar-refractivity contribution in [2.24, 2.45) is 0 Å². The summed E-state index contributed by atoms with van der Waals surface area (Å²) in [6, 6.07) is 0. The van der Waals surface area contributed by atoms with Crippen LogP contribution in [0, 0.1) is 0 Å². The van der Waals surface area contributed by atoms with Crippen LogP contribution in [-0.2, 0) is 28.6 Å². The Labute approximate surface area is 475 Å². The lowest BCUT2D eigenvalue weighted by molar-refractivity contribution is -0.167. The quantitative estimate of drug-likeness (QED) is 0.0261. The van der Waals surface area contributed by atoms with Crippen LogP contribution in [0.15, 0.2) is 12.2 Å². The number of carbonyl (C=O) groups is 3. The van der Waals surface area contributed by atoms with Gasteiger partial charge in [-0.25, -0.2) is 0 Å². The van der Waals surface area contributed by atoms with Crippen LogP contribution in [0.25, 0.3) is 0 Å². The van der Waals surface area contributed by atoms with Crippen molar-refractivity contribution in [1.82, 2.24) is 0 Å². The highest BCUT2D eigenvalue weighted by Gasteiger charge is 2.19. The molecule has 0 aromatic carbocycles. The first kappa shape index (κ1) is 74.2. The molecule has 0 N–H and O–H groups in total. The minimum Gasteiger partial charge on any atom is -0.462 e. The molecule has 0 saturated carbocycles. The van der Waals surface area contributed by atoms with Crippen molar-refractivity contribution in [3.63, 3.8) is 0 Å². The molecule has 1 atom stereocenters. The SMILES string of the molecule is CCCCCCCCCC/C=C\CCCCCCCCCCCC(=O)OC(COC(=O)CCCCCCCCC)COC(=O)CCCCCCCCCCCCCCCCCCCCCCCCCCCCCCCC. The maximum absolute atomic E-state index is 12.9. The molecule has 6 heteroatoms. The topological polar surface area (TPSA) is 78.9 Å². The van der Waals surface area contributed by atoms with Gasteiger partial charge in [-0.15, -0.1) is 0 Å². The van der Waals surface area contributed by atoms with Crippen molar-refractivity contribution in [2.75, 3.05) is 13.2 Å². The van der Waals surface area contributed by atoms with Crippen molar-refractivity contribution in [2.45, 2.75) is 406 Å². The molecular formula is C70H134O6. The van der Waals surface area contributed by atoms with Gasteiger partial charge in [0.25, 0.3) is 0 Å². The van der Waals surface area contributed by atoms with E-state index < -0.39 is 6.10 Å². The van der Waals surface area contributed by atoms with E-state index in [0.717, 1.165) is 57.8 Å². The van der Waals surface area contributed by atoms with Crippen LogP contribution in [0.5, 0.6) is 0 Å². The fourth-order valence-corrected chi connectivity index (χ4v) is 10.8. The molecule has 0 aromatic heterocycles. The second-order valence-corrected chi connectivity index (χ2v) is 23.8. The number of unbranched alkanes of at least 4 members (excludes halogenated alkanes) is 52. The Morgan fingerprint density at radius 3 is 0.658 bits per heavy atom. The van der Waals surface area contributed by atoms with E-state index in [2.05, 4.69) is 32.9 Å². The number of rotatable bonds is 65. The van der Waals surface area contributed by atoms with E-state index >= 15 is 0 Å². The lowest BCUT2D eigenvalue weighted by atomic mass is 10.0. The molecule has 450 valence electrons. The summed E-state index contributed by atoms with van der Waals surface area (Å²) in [5.41, 5.74) is 0. The number of hydrogen-bond acceptors (Lipinski definition) is 6. The van der Waals surface area contributed by atoms with E-state index in [-0.39, 0.29) is 31.1 Å². The van der Waals surface area contributed by atoms with E-state index in [9.17, 15) is 14.4 Å². The molecule has 0 radical (unpaired) electrons. The van der Waals surface area contributed by atoms with Crippen molar-refractivity contribution in [3.05, 3.63) is 12.2 Å². The van der Waals surface area contributed by atoms with E-state index in [1.165, 1.54) is 302 Å². The highest BCUT2D eigenvalue weighted by Crippen LogP contribution is 2.19. The molecule has 0 aliphatic rings. The standard InChI is InChI=1S/C70H134O6/c1-4-7-10-13-16-18-20-22-24-26-28-30-31-32-33-34-35-36-37-38-40-41-43-45-47-49-51-54-57-60-63-69(72)75-66-67(65-74-68(71)62-59-56-53-15-12-9-6-3)76-70(73)64-61-58-55-52-50-48-46-44-42-39-29-27-25-23-21-19-17-14-11-8-5-2/h27,29,67H,4-26,28,30-66H2,1-3H3/b29-27-. The third-order valence-corrected chi connectivity index (χ3v) is 16.0. The number of ether oxygens (including phenoxy) is 3. The van der Waals surface area contributed by atoms with Gasteiger partial charge in [0.15, 0.2) is 6.10 Å². The van der Waals surface area contributed by atoms with Crippen molar-refractivity contribution in [3.8, 4) is 0 Å². The largest absolute Gasteiger partial charge is 0.462 e. The van der Waals surface area contributed by atoms with Gasteiger partial charge in [0.2, 0.25) is 0 Å². The average Bonchev–Trinajstić information content (AvgIpc) is 3.42. The summed E-state index contributed by atoms with van der Waals surface area (Å²) >= 11 is 0. The molecule has 0 amide bonds. The number of hydrogen-bond donors (Lipinski definition) is 0. The normalized spacial score (nSPS) is 12.0. The number of esters is 3. The predicted octanol–water partition coefficient (Wildman–Crippen LogP) is 23.6. The van der Waals surface area contributed by atoms with Crippen LogP contribution >= 0.6 is 0 Å². The Hall–Kier alpha value is -1.85. The van der Waals surface area contributed by atoms with Crippen molar-refractivity contribution in [1.29, 1.82) is 0 Å². The summed E-state index contributed by atoms with van der Waals surface area (Å²) in [6.45, 7) is 6.67. The second-order valence-electron chi connectivity index (χ2n) is 23.8. The molecule has 0 fully saturated rings. The van der Waals surface area contributed by atoms with Gasteiger partial charge >= 0.3 is 17.9 Å². The van der Waals surface area contributed by atoms with Crippen molar-refractivity contribution < 1.29 is 28.6 Å². The Kier molecular flexibility index (Phi) is 64.1. The zero-order chi connectivity index (χ0) is 55.0. The molecule has 0 rings (SSSR count). The van der Waals surface area contributed by atoms with Gasteiger partial charge in [0.1, 0.15) is 13.2 Å². The first-order chi connectivity index (χ1) is 37.5. The summed E-state index contributed by atoms with van der Waals surface area (Å²) in [6.07, 6.45) is 78.5. The molecular weight excluding hydrogens is 937 g/mol. The van der Waals surface area contributed by atoms with Gasteiger partial charge < -0.3 is 14.2 Å². The summed E-state index contributed by atoms with van der Waals surface area (Å²) in [7, 11) is 0. The molecule has 6 nitrogen and oxygen atoms in total. The van der Waals surface area contributed by atoms with Gasteiger partial charge in [0, 0.05) is 19.3 Å². The van der Waals surface area contributed by atoms with Crippen LogP contribution in [0.2, 0.25) is 0 Å². The van der Waals surface area contributed by atoms with E-state index in [0.29, 0.717) is 19.3 Å². The lowest BCUT2D eigenvalue weighted by Gasteiger charge is -2.18. The highest BCUT2D eigenvalue weighted by molar-refractivity contribution is 5.71. The predicted molar refractivity (Wildman–Crippen MR) is 330 cm³/mol. The fraction of sp³-hybridized carbons (Fsp3) is 0.929. The van der Waals surface area contributed by atoms with Gasteiger partial charge in [-0.3, -0.25) is 14.4 Å². The highest BCUT2D eigenvalue weighted by atomic mass is 16.6. The zero-order valence-electron chi connectivity index (χ0n) is 51.8. The summed E-state index contributed by atoms with van der Waals surface area (Å²) in [5.74, 6) is -0.845. The van der Waals surface area contributed by atoms with Crippen LogP contribution in [0.3, 0.4) is 0 Å². The minimum atomic E-state index is -0.765. The maximum Gasteiger partial charge on any atom is 0.306 e. The van der Waals surface area contributed by atoms with E-state index in [1.54, 1.807) is 0 Å². The third kappa shape index (κ3) is 63.0. The molecule has 0 saturated heterocycles. The van der Waals surface area contributed by atoms with Gasteiger partial charge in [0.05, 0.1) is 0 Å². The van der Waals surface area contributed by atoms with E-state index in [4.69, 9.17) is 14.2 Å². The molecule has 0 aromatic rings. The molecule has 0 spiro atoms. The third-order valence-electron chi connectivity index (χ3n) is 16.0. The summed E-state index contributed by atoms with van der Waals surface area (Å²) in [5, 5.41) is 0. The molecule has 1 unspecified atom stereocenters. The maximum atomic E-state index is 12.9. The smallest absolute Gasteiger partial charge is 0.306 e. The van der Waals surface area contributed by atoms with Gasteiger partial charge in [-0.05, 0) is 44.9 Å². The van der Waals surface area contributed by atoms with Crippen LogP contribution < -0.4 is 0 Å². The van der Waals surface area contributed by atoms with Gasteiger partial charge in [-0.2, -0.15) is 0 Å². The Morgan fingerprint density at radius 2 is 0.434 bits per heavy atom. The zero-order valence-corrected chi connectivity index (χ0v) is 51.8. The molecule has 0 aliphatic heterocycles. The Balaban J connectivity index is 3.99. The lowest BCUT2D eigenvalue weighted by Crippen LogP contribution is -2.30. The van der Waals surface area contributed by atoms with E-state index in [1.807, 2.05) is 0 Å². The van der Waals surface area contributed by atoms with Crippen LogP contribution in [0.4, 0.5) is 0 Å². The van der Waals surface area contributed by atoms with Crippen molar-refractivity contribution >= 4 is 17.9 Å². The fourth-order valence-electron chi connectivity index (χ4n) is 10.8. The second kappa shape index (κ2) is 65.7.